The molecular weight excluding hydrogens is 244 g/mol. The molecule has 3 heteroatoms. The van der Waals surface area contributed by atoms with Crippen molar-refractivity contribution in [1.82, 2.24) is 5.32 Å². The van der Waals surface area contributed by atoms with Crippen LogP contribution in [0.15, 0.2) is 29.8 Å². The Morgan fingerprint density at radius 3 is 2.47 bits per heavy atom. The molecule has 1 atom stereocenters. The van der Waals surface area contributed by atoms with Gasteiger partial charge in [0.25, 0.3) is 0 Å². The van der Waals surface area contributed by atoms with Gasteiger partial charge in [0.15, 0.2) is 0 Å². The van der Waals surface area contributed by atoms with Gasteiger partial charge in [-0.05, 0) is 56.3 Å². The van der Waals surface area contributed by atoms with Crippen LogP contribution in [-0.4, -0.2) is 6.54 Å². The van der Waals surface area contributed by atoms with Gasteiger partial charge in [-0.25, -0.2) is 8.78 Å². The van der Waals surface area contributed by atoms with E-state index in [0.29, 0.717) is 5.56 Å². The Hall–Kier alpha value is -1.22. The summed E-state index contributed by atoms with van der Waals surface area (Å²) in [6.07, 6.45) is 7.67. The number of benzene rings is 1. The van der Waals surface area contributed by atoms with Crippen LogP contribution in [-0.2, 0) is 0 Å². The first-order valence-corrected chi connectivity index (χ1v) is 7.09. The van der Waals surface area contributed by atoms with E-state index in [-0.39, 0.29) is 6.04 Å². The first-order chi connectivity index (χ1) is 9.20. The van der Waals surface area contributed by atoms with Gasteiger partial charge in [-0.3, -0.25) is 0 Å². The van der Waals surface area contributed by atoms with Crippen molar-refractivity contribution >= 4 is 0 Å². The molecule has 0 saturated carbocycles. The van der Waals surface area contributed by atoms with Gasteiger partial charge in [0.2, 0.25) is 0 Å². The molecule has 1 N–H and O–H groups in total. The molecule has 0 spiro atoms. The van der Waals surface area contributed by atoms with E-state index >= 15 is 0 Å². The van der Waals surface area contributed by atoms with Crippen LogP contribution in [0.4, 0.5) is 8.78 Å². The largest absolute Gasteiger partial charge is 0.307 e. The van der Waals surface area contributed by atoms with E-state index in [2.05, 4.69) is 18.3 Å². The highest BCUT2D eigenvalue weighted by molar-refractivity contribution is 5.30. The zero-order valence-electron chi connectivity index (χ0n) is 11.4. The standard InChI is InChI=1S/C16H21F2N/c1-2-8-19-16(12-6-4-3-5-7-12)13-9-14(17)11-15(18)10-13/h6,9-11,16,19H,2-5,7-8H2,1H3. The molecule has 0 saturated heterocycles. The van der Waals surface area contributed by atoms with Crippen molar-refractivity contribution in [2.24, 2.45) is 0 Å². The topological polar surface area (TPSA) is 12.0 Å². The van der Waals surface area contributed by atoms with Crippen LogP contribution >= 0.6 is 0 Å². The quantitative estimate of drug-likeness (QED) is 0.773. The second-order valence-corrected chi connectivity index (χ2v) is 5.11. The summed E-state index contributed by atoms with van der Waals surface area (Å²) in [4.78, 5) is 0. The molecule has 0 heterocycles. The molecule has 0 aliphatic heterocycles. The van der Waals surface area contributed by atoms with Crippen LogP contribution in [0.25, 0.3) is 0 Å². The normalized spacial score (nSPS) is 17.1. The molecule has 1 aromatic rings. The Labute approximate surface area is 113 Å². The third-order valence-electron chi connectivity index (χ3n) is 3.51. The van der Waals surface area contributed by atoms with Crippen LogP contribution in [0.5, 0.6) is 0 Å². The smallest absolute Gasteiger partial charge is 0.126 e. The lowest BCUT2D eigenvalue weighted by molar-refractivity contribution is 0.531. The Kier molecular flexibility index (Phi) is 5.08. The van der Waals surface area contributed by atoms with E-state index in [1.807, 2.05) is 0 Å². The molecule has 1 nitrogen and oxygen atoms in total. The van der Waals surface area contributed by atoms with Gasteiger partial charge in [0, 0.05) is 6.07 Å². The van der Waals surface area contributed by atoms with Crippen molar-refractivity contribution in [3.8, 4) is 0 Å². The highest BCUT2D eigenvalue weighted by atomic mass is 19.1. The van der Waals surface area contributed by atoms with Crippen molar-refractivity contribution in [2.45, 2.75) is 45.1 Å². The van der Waals surface area contributed by atoms with E-state index in [1.165, 1.54) is 24.1 Å². The average molecular weight is 265 g/mol. The Morgan fingerprint density at radius 1 is 1.16 bits per heavy atom. The average Bonchev–Trinajstić information content (AvgIpc) is 2.39. The Bertz CT molecular complexity index is 434. The third kappa shape index (κ3) is 3.87. The molecule has 0 aromatic heterocycles. The summed E-state index contributed by atoms with van der Waals surface area (Å²) in [7, 11) is 0. The molecular formula is C16H21F2N. The first-order valence-electron chi connectivity index (χ1n) is 7.09. The molecule has 104 valence electrons. The third-order valence-corrected chi connectivity index (χ3v) is 3.51. The van der Waals surface area contributed by atoms with Gasteiger partial charge in [-0.2, -0.15) is 0 Å². The lowest BCUT2D eigenvalue weighted by Crippen LogP contribution is -2.25. The van der Waals surface area contributed by atoms with Crippen molar-refractivity contribution < 1.29 is 8.78 Å². The van der Waals surface area contributed by atoms with E-state index in [0.717, 1.165) is 38.3 Å². The molecule has 19 heavy (non-hydrogen) atoms. The predicted octanol–water partition coefficient (Wildman–Crippen LogP) is 4.51. The maximum Gasteiger partial charge on any atom is 0.126 e. The van der Waals surface area contributed by atoms with Crippen molar-refractivity contribution in [2.75, 3.05) is 6.54 Å². The van der Waals surface area contributed by atoms with Gasteiger partial charge in [0.05, 0.1) is 6.04 Å². The minimum absolute atomic E-state index is 0.0505. The van der Waals surface area contributed by atoms with Gasteiger partial charge >= 0.3 is 0 Å². The number of rotatable bonds is 5. The van der Waals surface area contributed by atoms with Crippen LogP contribution in [0.2, 0.25) is 0 Å². The zero-order valence-corrected chi connectivity index (χ0v) is 11.4. The fourth-order valence-electron chi connectivity index (χ4n) is 2.62. The van der Waals surface area contributed by atoms with Gasteiger partial charge in [-0.1, -0.05) is 18.6 Å². The van der Waals surface area contributed by atoms with Crippen LogP contribution in [0.3, 0.4) is 0 Å². The second kappa shape index (κ2) is 6.80. The van der Waals surface area contributed by atoms with E-state index in [1.54, 1.807) is 0 Å². The molecule has 0 fully saturated rings. The minimum Gasteiger partial charge on any atom is -0.307 e. The highest BCUT2D eigenvalue weighted by Gasteiger charge is 2.18. The molecule has 2 rings (SSSR count). The molecule has 0 amide bonds. The van der Waals surface area contributed by atoms with Crippen molar-refractivity contribution in [1.29, 1.82) is 0 Å². The van der Waals surface area contributed by atoms with Crippen LogP contribution in [0, 0.1) is 11.6 Å². The summed E-state index contributed by atoms with van der Waals surface area (Å²) in [5.41, 5.74) is 1.96. The fraction of sp³-hybridized carbons (Fsp3) is 0.500. The van der Waals surface area contributed by atoms with Crippen molar-refractivity contribution in [3.05, 3.63) is 47.0 Å². The highest BCUT2D eigenvalue weighted by Crippen LogP contribution is 2.30. The molecule has 0 bridgehead atoms. The minimum atomic E-state index is -0.505. The van der Waals surface area contributed by atoms with E-state index in [9.17, 15) is 8.78 Å². The van der Waals surface area contributed by atoms with Gasteiger partial charge < -0.3 is 5.32 Å². The van der Waals surface area contributed by atoms with Crippen LogP contribution < -0.4 is 5.32 Å². The molecule has 1 unspecified atom stereocenters. The molecule has 1 aliphatic carbocycles. The Morgan fingerprint density at radius 2 is 1.89 bits per heavy atom. The summed E-state index contributed by atoms with van der Waals surface area (Å²) in [5, 5.41) is 3.41. The summed E-state index contributed by atoms with van der Waals surface area (Å²) in [6.45, 7) is 2.94. The lowest BCUT2D eigenvalue weighted by Gasteiger charge is -2.25. The maximum absolute atomic E-state index is 13.4. The summed E-state index contributed by atoms with van der Waals surface area (Å²) in [5.74, 6) is -1.01. The lowest BCUT2D eigenvalue weighted by atomic mass is 9.89. The SMILES string of the molecule is CCCNC(C1=CCCCC1)c1cc(F)cc(F)c1. The maximum atomic E-state index is 13.4. The van der Waals surface area contributed by atoms with Gasteiger partial charge in [-0.15, -0.1) is 0 Å². The molecule has 1 aliphatic rings. The summed E-state index contributed by atoms with van der Waals surface area (Å²) >= 11 is 0. The summed E-state index contributed by atoms with van der Waals surface area (Å²) in [6, 6.07) is 3.75. The van der Waals surface area contributed by atoms with E-state index < -0.39 is 11.6 Å². The number of hydrogen-bond donors (Lipinski definition) is 1. The molecule has 1 aromatic carbocycles. The number of allylic oxidation sites excluding steroid dienone is 1. The number of halogens is 2. The second-order valence-electron chi connectivity index (χ2n) is 5.11. The molecule has 0 radical (unpaired) electrons. The number of nitrogens with one attached hydrogen (secondary N) is 1. The fourth-order valence-corrected chi connectivity index (χ4v) is 2.62. The first kappa shape index (κ1) is 14.2. The Balaban J connectivity index is 2.27. The zero-order chi connectivity index (χ0) is 13.7. The number of hydrogen-bond acceptors (Lipinski definition) is 1. The van der Waals surface area contributed by atoms with Crippen molar-refractivity contribution in [3.63, 3.8) is 0 Å². The van der Waals surface area contributed by atoms with Gasteiger partial charge in [0.1, 0.15) is 11.6 Å². The van der Waals surface area contributed by atoms with E-state index in [4.69, 9.17) is 0 Å². The predicted molar refractivity (Wildman–Crippen MR) is 73.9 cm³/mol. The monoisotopic (exact) mass is 265 g/mol. The summed E-state index contributed by atoms with van der Waals surface area (Å²) < 4.78 is 26.8. The van der Waals surface area contributed by atoms with Crippen LogP contribution in [0.1, 0.15) is 50.6 Å².